The van der Waals surface area contributed by atoms with Gasteiger partial charge in [0.15, 0.2) is 0 Å². The summed E-state index contributed by atoms with van der Waals surface area (Å²) in [5.41, 5.74) is 1.75. The number of hydrogen-bond donors (Lipinski definition) is 1. The standard InChI is InChI=1S/C10H13NO2/c1-3-13-11-7-9-4-5-10(12)8(2)6-9/h4-7,12H,3H2,1-2H3. The Hall–Kier alpha value is -1.51. The van der Waals surface area contributed by atoms with Crippen molar-refractivity contribution in [1.82, 2.24) is 0 Å². The molecule has 0 atom stereocenters. The summed E-state index contributed by atoms with van der Waals surface area (Å²) in [4.78, 5) is 4.81. The van der Waals surface area contributed by atoms with E-state index in [1.165, 1.54) is 0 Å². The lowest BCUT2D eigenvalue weighted by Gasteiger charge is -1.98. The van der Waals surface area contributed by atoms with Gasteiger partial charge in [-0.25, -0.2) is 0 Å². The van der Waals surface area contributed by atoms with E-state index < -0.39 is 0 Å². The molecule has 1 aromatic rings. The van der Waals surface area contributed by atoms with E-state index in [0.717, 1.165) is 11.1 Å². The third-order valence-corrected chi connectivity index (χ3v) is 1.63. The van der Waals surface area contributed by atoms with E-state index >= 15 is 0 Å². The Labute approximate surface area is 77.6 Å². The molecule has 0 saturated carbocycles. The van der Waals surface area contributed by atoms with Gasteiger partial charge in [-0.15, -0.1) is 0 Å². The summed E-state index contributed by atoms with van der Waals surface area (Å²) in [6.07, 6.45) is 1.62. The van der Waals surface area contributed by atoms with Gasteiger partial charge < -0.3 is 9.94 Å². The lowest BCUT2D eigenvalue weighted by Crippen LogP contribution is -1.85. The molecule has 0 fully saturated rings. The highest BCUT2D eigenvalue weighted by molar-refractivity contribution is 5.79. The summed E-state index contributed by atoms with van der Waals surface area (Å²) in [6.45, 7) is 4.28. The van der Waals surface area contributed by atoms with Gasteiger partial charge in [-0.1, -0.05) is 5.16 Å². The van der Waals surface area contributed by atoms with E-state index in [-0.39, 0.29) is 0 Å². The summed E-state index contributed by atoms with van der Waals surface area (Å²) in [5.74, 6) is 0.300. The summed E-state index contributed by atoms with van der Waals surface area (Å²) in [7, 11) is 0. The van der Waals surface area contributed by atoms with Crippen molar-refractivity contribution in [2.75, 3.05) is 6.61 Å². The smallest absolute Gasteiger partial charge is 0.118 e. The minimum atomic E-state index is 0.300. The van der Waals surface area contributed by atoms with Crippen molar-refractivity contribution in [1.29, 1.82) is 0 Å². The minimum absolute atomic E-state index is 0.300. The van der Waals surface area contributed by atoms with Crippen LogP contribution in [-0.2, 0) is 4.84 Å². The highest BCUT2D eigenvalue weighted by atomic mass is 16.6. The lowest BCUT2D eigenvalue weighted by atomic mass is 10.1. The molecule has 1 aromatic carbocycles. The summed E-state index contributed by atoms with van der Waals surface area (Å²) < 4.78 is 0. The Kier molecular flexibility index (Phi) is 3.31. The molecule has 70 valence electrons. The zero-order valence-corrected chi connectivity index (χ0v) is 7.82. The molecule has 0 aliphatic rings. The normalized spacial score (nSPS) is 10.6. The van der Waals surface area contributed by atoms with Crippen molar-refractivity contribution >= 4 is 6.21 Å². The largest absolute Gasteiger partial charge is 0.508 e. The lowest BCUT2D eigenvalue weighted by molar-refractivity contribution is 0.160. The maximum absolute atomic E-state index is 9.24. The van der Waals surface area contributed by atoms with Crippen LogP contribution in [0.25, 0.3) is 0 Å². The number of phenolic OH excluding ortho intramolecular Hbond substituents is 1. The first-order chi connectivity index (χ1) is 6.24. The van der Waals surface area contributed by atoms with E-state index in [1.807, 2.05) is 19.9 Å². The minimum Gasteiger partial charge on any atom is -0.508 e. The van der Waals surface area contributed by atoms with Gasteiger partial charge in [0.2, 0.25) is 0 Å². The fourth-order valence-corrected chi connectivity index (χ4v) is 0.932. The van der Waals surface area contributed by atoms with Crippen LogP contribution in [0, 0.1) is 6.92 Å². The fourth-order valence-electron chi connectivity index (χ4n) is 0.932. The van der Waals surface area contributed by atoms with Crippen molar-refractivity contribution in [3.05, 3.63) is 29.3 Å². The van der Waals surface area contributed by atoms with Crippen molar-refractivity contribution in [3.8, 4) is 5.75 Å². The average molecular weight is 179 g/mol. The highest BCUT2D eigenvalue weighted by Gasteiger charge is 1.95. The number of rotatable bonds is 3. The second-order valence-corrected chi connectivity index (χ2v) is 2.70. The average Bonchev–Trinajstić information content (AvgIpc) is 2.12. The van der Waals surface area contributed by atoms with Crippen LogP contribution in [0.15, 0.2) is 23.4 Å². The first-order valence-electron chi connectivity index (χ1n) is 4.19. The number of aromatic hydroxyl groups is 1. The molecule has 0 radical (unpaired) electrons. The molecular weight excluding hydrogens is 166 g/mol. The zero-order chi connectivity index (χ0) is 9.68. The summed E-state index contributed by atoms with van der Waals surface area (Å²) in [6, 6.07) is 5.27. The molecule has 3 heteroatoms. The predicted octanol–water partition coefficient (Wildman–Crippen LogP) is 2.07. The van der Waals surface area contributed by atoms with Crippen LogP contribution in [0.4, 0.5) is 0 Å². The monoisotopic (exact) mass is 179 g/mol. The third kappa shape index (κ3) is 2.78. The molecular formula is C10H13NO2. The van der Waals surface area contributed by atoms with Crippen LogP contribution in [0.3, 0.4) is 0 Å². The molecule has 0 amide bonds. The number of hydrogen-bond acceptors (Lipinski definition) is 3. The van der Waals surface area contributed by atoms with Gasteiger partial charge in [0.05, 0.1) is 6.21 Å². The van der Waals surface area contributed by atoms with Crippen LogP contribution < -0.4 is 0 Å². The van der Waals surface area contributed by atoms with Crippen molar-refractivity contribution in [2.24, 2.45) is 5.16 Å². The first-order valence-corrected chi connectivity index (χ1v) is 4.19. The second kappa shape index (κ2) is 4.50. The summed E-state index contributed by atoms with van der Waals surface area (Å²) >= 11 is 0. The molecule has 0 aliphatic carbocycles. The molecule has 0 aliphatic heterocycles. The number of phenols is 1. The molecule has 0 spiro atoms. The van der Waals surface area contributed by atoms with Gasteiger partial charge in [0.25, 0.3) is 0 Å². The van der Waals surface area contributed by atoms with Crippen LogP contribution in [0.2, 0.25) is 0 Å². The molecule has 1 rings (SSSR count). The van der Waals surface area contributed by atoms with E-state index in [1.54, 1.807) is 18.3 Å². The Morgan fingerprint density at radius 2 is 2.31 bits per heavy atom. The molecule has 0 bridgehead atoms. The molecule has 0 unspecified atom stereocenters. The number of oxime groups is 1. The number of benzene rings is 1. The Morgan fingerprint density at radius 1 is 1.54 bits per heavy atom. The van der Waals surface area contributed by atoms with Crippen molar-refractivity contribution in [3.63, 3.8) is 0 Å². The predicted molar refractivity (Wildman–Crippen MR) is 52.1 cm³/mol. The first kappa shape index (κ1) is 9.58. The molecule has 1 N–H and O–H groups in total. The fraction of sp³-hybridized carbons (Fsp3) is 0.300. The number of nitrogens with zero attached hydrogens (tertiary/aromatic N) is 1. The SMILES string of the molecule is CCON=Cc1ccc(O)c(C)c1. The van der Waals surface area contributed by atoms with Gasteiger partial charge in [-0.3, -0.25) is 0 Å². The van der Waals surface area contributed by atoms with E-state index in [4.69, 9.17) is 4.84 Å². The molecule has 0 saturated heterocycles. The van der Waals surface area contributed by atoms with Crippen LogP contribution in [0.1, 0.15) is 18.1 Å². The van der Waals surface area contributed by atoms with Gasteiger partial charge in [-0.05, 0) is 43.2 Å². The van der Waals surface area contributed by atoms with Crippen molar-refractivity contribution < 1.29 is 9.94 Å². The van der Waals surface area contributed by atoms with E-state index in [0.29, 0.717) is 12.4 Å². The molecule has 3 nitrogen and oxygen atoms in total. The van der Waals surface area contributed by atoms with E-state index in [9.17, 15) is 5.11 Å². The maximum atomic E-state index is 9.24. The molecule has 13 heavy (non-hydrogen) atoms. The Bertz CT molecular complexity index is 308. The quantitative estimate of drug-likeness (QED) is 0.570. The maximum Gasteiger partial charge on any atom is 0.118 e. The van der Waals surface area contributed by atoms with Crippen LogP contribution in [0.5, 0.6) is 5.75 Å². The van der Waals surface area contributed by atoms with Crippen molar-refractivity contribution in [2.45, 2.75) is 13.8 Å². The van der Waals surface area contributed by atoms with Gasteiger partial charge in [-0.2, -0.15) is 0 Å². The van der Waals surface area contributed by atoms with Crippen LogP contribution in [-0.4, -0.2) is 17.9 Å². The van der Waals surface area contributed by atoms with E-state index in [2.05, 4.69) is 5.16 Å². The van der Waals surface area contributed by atoms with Gasteiger partial charge in [0.1, 0.15) is 12.4 Å². The Morgan fingerprint density at radius 3 is 2.92 bits per heavy atom. The topological polar surface area (TPSA) is 41.8 Å². The Balaban J connectivity index is 2.73. The zero-order valence-electron chi connectivity index (χ0n) is 7.82. The third-order valence-electron chi connectivity index (χ3n) is 1.63. The van der Waals surface area contributed by atoms with Gasteiger partial charge >= 0.3 is 0 Å². The highest BCUT2D eigenvalue weighted by Crippen LogP contribution is 2.15. The molecule has 0 aromatic heterocycles. The second-order valence-electron chi connectivity index (χ2n) is 2.70. The van der Waals surface area contributed by atoms with Crippen LogP contribution >= 0.6 is 0 Å². The molecule has 0 heterocycles. The number of aryl methyl sites for hydroxylation is 1. The summed E-state index contributed by atoms with van der Waals surface area (Å²) in [5, 5.41) is 13.0. The van der Waals surface area contributed by atoms with Gasteiger partial charge in [0, 0.05) is 0 Å².